The van der Waals surface area contributed by atoms with E-state index in [4.69, 9.17) is 23.0 Å². The molecule has 0 aromatic heterocycles. The molecule has 0 aromatic rings. The summed E-state index contributed by atoms with van der Waals surface area (Å²) in [6, 6.07) is 0.536. The summed E-state index contributed by atoms with van der Waals surface area (Å²) >= 11 is 0. The van der Waals surface area contributed by atoms with Crippen LogP contribution < -0.4 is 0 Å². The van der Waals surface area contributed by atoms with E-state index in [9.17, 15) is 39.7 Å². The van der Waals surface area contributed by atoms with Gasteiger partial charge in [-0.05, 0) is 18.9 Å². The Balaban J connectivity index is 3.05. The summed E-state index contributed by atoms with van der Waals surface area (Å²) in [4.78, 5) is 24.6. The Kier molecular flexibility index (Phi) is 17.3. The molecule has 3 unspecified atom stereocenters. The highest BCUT2D eigenvalue weighted by Gasteiger charge is 2.52. The Bertz CT molecular complexity index is 808. The van der Waals surface area contributed by atoms with Crippen LogP contribution in [0.3, 0.4) is 0 Å². The highest BCUT2D eigenvalue weighted by atomic mass is 31.2. The molecule has 0 radical (unpaired) electrons. The molecule has 8 atom stereocenters. The Morgan fingerprint density at radius 3 is 1.78 bits per heavy atom. The van der Waals surface area contributed by atoms with Crippen molar-refractivity contribution in [3.8, 4) is 0 Å². The fraction of sp³-hybridized carbons (Fsp3) is 0.923. The Hall–Kier alpha value is -0.933. The lowest BCUT2D eigenvalue weighted by Crippen LogP contribution is -2.64. The van der Waals surface area contributed by atoms with Gasteiger partial charge in [0.25, 0.3) is 0 Å². The Morgan fingerprint density at radius 2 is 1.27 bits per heavy atom. The summed E-state index contributed by atoms with van der Waals surface area (Å²) in [5.74, 6) is -1.06. The molecule has 0 saturated heterocycles. The standard InChI is InChI=1S/C26H51O13PSi/c1-6-8-10-12-19(27)35-16-18(38-20(28)13-11-9-7-2)17-37-40(34,36-14-15-41(3,4)5)39-26-24(32)22(30)21(29)23(31)25(26)33/h18,21-26,29-33H,6-17H2,1-5H3/t18-,21?,22-,23+,24+,25-,26?,40?/m1/s1. The minimum absolute atomic E-state index is 0.0759. The first-order valence-electron chi connectivity index (χ1n) is 14.5. The van der Waals surface area contributed by atoms with Crippen LogP contribution in [-0.4, -0.2) is 108 Å². The molecule has 0 spiro atoms. The lowest BCUT2D eigenvalue weighted by atomic mass is 9.85. The topological polar surface area (TPSA) is 199 Å². The number of esters is 2. The second-order valence-corrected chi connectivity index (χ2v) is 18.9. The molecule has 15 heteroatoms. The number of aliphatic hydroxyl groups is 5. The Labute approximate surface area is 244 Å². The van der Waals surface area contributed by atoms with E-state index in [-0.39, 0.29) is 26.1 Å². The van der Waals surface area contributed by atoms with E-state index in [2.05, 4.69) is 19.6 Å². The summed E-state index contributed by atoms with van der Waals surface area (Å²) < 4.78 is 40.7. The molecule has 1 rings (SSSR count). The SMILES string of the molecule is CCCCCC(=O)OC[C@H](COP(=O)(OCC[Si](C)(C)C)OC1[C@@H](O)[C@H](O)C(O)[C@H](O)[C@H]1O)OC(=O)CCCCC. The highest BCUT2D eigenvalue weighted by Crippen LogP contribution is 2.52. The first-order valence-corrected chi connectivity index (χ1v) is 19.6. The van der Waals surface area contributed by atoms with Crippen molar-refractivity contribution in [3.63, 3.8) is 0 Å². The van der Waals surface area contributed by atoms with Gasteiger partial charge in [-0.1, -0.05) is 59.2 Å². The van der Waals surface area contributed by atoms with Gasteiger partial charge in [-0.15, -0.1) is 0 Å². The molecule has 0 heterocycles. The van der Waals surface area contributed by atoms with E-state index in [0.29, 0.717) is 18.9 Å². The fourth-order valence-corrected chi connectivity index (χ4v) is 6.16. The van der Waals surface area contributed by atoms with Crippen molar-refractivity contribution in [1.29, 1.82) is 0 Å². The summed E-state index contributed by atoms with van der Waals surface area (Å²) in [6.07, 6.45) is -7.63. The lowest BCUT2D eigenvalue weighted by Gasteiger charge is -2.42. The van der Waals surface area contributed by atoms with E-state index >= 15 is 0 Å². The zero-order valence-electron chi connectivity index (χ0n) is 25.0. The van der Waals surface area contributed by atoms with Gasteiger partial charge in [-0.3, -0.25) is 23.2 Å². The first-order chi connectivity index (χ1) is 19.1. The average Bonchev–Trinajstić information content (AvgIpc) is 2.90. The molecule has 1 aliphatic carbocycles. The van der Waals surface area contributed by atoms with Crippen LogP contribution in [0.4, 0.5) is 0 Å². The number of ether oxygens (including phenoxy) is 2. The minimum atomic E-state index is -4.65. The Morgan fingerprint density at radius 1 is 0.756 bits per heavy atom. The molecule has 5 N–H and O–H groups in total. The van der Waals surface area contributed by atoms with E-state index in [0.717, 1.165) is 25.7 Å². The fourth-order valence-electron chi connectivity index (χ4n) is 3.86. The lowest BCUT2D eigenvalue weighted by molar-refractivity contribution is -0.220. The van der Waals surface area contributed by atoms with Crippen molar-refractivity contribution < 1.29 is 62.7 Å². The smallest absolute Gasteiger partial charge is 0.462 e. The number of aliphatic hydroxyl groups excluding tert-OH is 5. The van der Waals surface area contributed by atoms with Gasteiger partial charge < -0.3 is 35.0 Å². The van der Waals surface area contributed by atoms with Gasteiger partial charge in [0.2, 0.25) is 0 Å². The molecule has 242 valence electrons. The third kappa shape index (κ3) is 14.4. The van der Waals surface area contributed by atoms with Gasteiger partial charge in [-0.25, -0.2) is 4.57 Å². The van der Waals surface area contributed by atoms with Crippen LogP contribution in [-0.2, 0) is 37.2 Å². The number of phosphoric ester groups is 1. The maximum atomic E-state index is 13.7. The van der Waals surface area contributed by atoms with Crippen LogP contribution in [0.15, 0.2) is 0 Å². The minimum Gasteiger partial charge on any atom is -0.462 e. The quantitative estimate of drug-likeness (QED) is 0.0569. The van der Waals surface area contributed by atoms with Crippen LogP contribution in [0, 0.1) is 0 Å². The van der Waals surface area contributed by atoms with Crippen LogP contribution >= 0.6 is 7.82 Å². The van der Waals surface area contributed by atoms with E-state index in [1.54, 1.807) is 0 Å². The molecule has 41 heavy (non-hydrogen) atoms. The summed E-state index contributed by atoms with van der Waals surface area (Å²) in [7, 11) is -6.33. The number of phosphoric acid groups is 1. The molecule has 0 aliphatic heterocycles. The predicted molar refractivity (Wildman–Crippen MR) is 152 cm³/mol. The van der Waals surface area contributed by atoms with Crippen molar-refractivity contribution in [1.82, 2.24) is 0 Å². The van der Waals surface area contributed by atoms with E-state index in [1.807, 2.05) is 13.8 Å². The molecule has 0 aromatic carbocycles. The van der Waals surface area contributed by atoms with Crippen LogP contribution in [0.5, 0.6) is 0 Å². The third-order valence-corrected chi connectivity index (χ3v) is 9.71. The van der Waals surface area contributed by atoms with Crippen molar-refractivity contribution in [2.75, 3.05) is 19.8 Å². The predicted octanol–water partition coefficient (Wildman–Crippen LogP) is 2.28. The zero-order valence-corrected chi connectivity index (χ0v) is 26.9. The number of carbonyl (C=O) groups is 2. The molecule has 1 aliphatic rings. The largest absolute Gasteiger partial charge is 0.475 e. The number of unbranched alkanes of at least 4 members (excludes halogenated alkanes) is 4. The summed E-state index contributed by atoms with van der Waals surface area (Å²) in [5, 5.41) is 50.8. The molecule has 1 fully saturated rings. The van der Waals surface area contributed by atoms with Gasteiger partial charge in [0, 0.05) is 20.9 Å². The molecular formula is C26H51O13PSi. The number of carbonyl (C=O) groups excluding carboxylic acids is 2. The maximum absolute atomic E-state index is 13.7. The van der Waals surface area contributed by atoms with Gasteiger partial charge in [-0.2, -0.15) is 0 Å². The normalized spacial score (nSPS) is 27.2. The van der Waals surface area contributed by atoms with Crippen LogP contribution in [0.25, 0.3) is 0 Å². The highest BCUT2D eigenvalue weighted by molar-refractivity contribution is 7.48. The number of hydrogen-bond acceptors (Lipinski definition) is 13. The maximum Gasteiger partial charge on any atom is 0.475 e. The molecular weight excluding hydrogens is 579 g/mol. The summed E-state index contributed by atoms with van der Waals surface area (Å²) in [6.45, 7) is 9.10. The van der Waals surface area contributed by atoms with Gasteiger partial charge >= 0.3 is 19.8 Å². The van der Waals surface area contributed by atoms with Gasteiger partial charge in [0.15, 0.2) is 6.10 Å². The monoisotopic (exact) mass is 630 g/mol. The second kappa shape index (κ2) is 18.7. The third-order valence-electron chi connectivity index (χ3n) is 6.54. The summed E-state index contributed by atoms with van der Waals surface area (Å²) in [5.41, 5.74) is 0. The average molecular weight is 631 g/mol. The molecule has 1 saturated carbocycles. The van der Waals surface area contributed by atoms with Crippen molar-refractivity contribution >= 4 is 27.8 Å². The number of rotatable bonds is 20. The molecule has 0 amide bonds. The van der Waals surface area contributed by atoms with Crippen molar-refractivity contribution in [3.05, 3.63) is 0 Å². The van der Waals surface area contributed by atoms with Gasteiger partial charge in [0.05, 0.1) is 13.2 Å². The van der Waals surface area contributed by atoms with E-state index < -0.39 is 77.2 Å². The van der Waals surface area contributed by atoms with Crippen molar-refractivity contribution in [2.24, 2.45) is 0 Å². The molecule has 13 nitrogen and oxygen atoms in total. The van der Waals surface area contributed by atoms with E-state index in [1.165, 1.54) is 0 Å². The first kappa shape index (κ1) is 38.1. The zero-order chi connectivity index (χ0) is 31.2. The van der Waals surface area contributed by atoms with Crippen LogP contribution in [0.2, 0.25) is 25.7 Å². The second-order valence-electron chi connectivity index (χ2n) is 11.6. The van der Waals surface area contributed by atoms with Crippen molar-refractivity contribution in [2.45, 2.75) is 134 Å². The van der Waals surface area contributed by atoms with Gasteiger partial charge in [0.1, 0.15) is 43.2 Å². The number of hydrogen-bond donors (Lipinski definition) is 5. The van der Waals surface area contributed by atoms with Crippen LogP contribution in [0.1, 0.15) is 65.2 Å². The molecule has 0 bridgehead atoms.